The summed E-state index contributed by atoms with van der Waals surface area (Å²) in [4.78, 5) is 25.7. The van der Waals surface area contributed by atoms with E-state index in [1.54, 1.807) is 0 Å². The quantitative estimate of drug-likeness (QED) is 0.484. The minimum atomic E-state index is -0.463. The van der Waals surface area contributed by atoms with E-state index in [9.17, 15) is 14.7 Å². The average Bonchev–Trinajstić information content (AvgIpc) is 3.11. The lowest BCUT2D eigenvalue weighted by Crippen LogP contribution is -2.29. The second-order valence-corrected chi connectivity index (χ2v) is 11.0. The molecule has 5 nitrogen and oxygen atoms in total. The van der Waals surface area contributed by atoms with E-state index in [0.717, 1.165) is 29.7 Å². The highest BCUT2D eigenvalue weighted by Gasteiger charge is 2.27. The second-order valence-electron chi connectivity index (χ2n) is 9.89. The number of hydrogen-bond acceptors (Lipinski definition) is 5. The van der Waals surface area contributed by atoms with Gasteiger partial charge in [0.05, 0.1) is 18.1 Å². The molecule has 6 heteroatoms. The molecule has 1 aliphatic rings. The highest BCUT2D eigenvalue weighted by molar-refractivity contribution is 7.14. The molecule has 1 heterocycles. The smallest absolute Gasteiger partial charge is 0.325 e. The fourth-order valence-corrected chi connectivity index (χ4v) is 5.38. The highest BCUT2D eigenvalue weighted by atomic mass is 32.1. The van der Waals surface area contributed by atoms with Crippen molar-refractivity contribution in [3.8, 4) is 0 Å². The van der Waals surface area contributed by atoms with Gasteiger partial charge in [0.2, 0.25) is 0 Å². The van der Waals surface area contributed by atoms with Crippen molar-refractivity contribution in [2.75, 3.05) is 13.7 Å². The molecule has 0 radical (unpaired) electrons. The van der Waals surface area contributed by atoms with Crippen molar-refractivity contribution in [1.82, 2.24) is 5.32 Å². The van der Waals surface area contributed by atoms with Crippen LogP contribution in [0.3, 0.4) is 0 Å². The molecule has 0 aliphatic heterocycles. The van der Waals surface area contributed by atoms with Crippen LogP contribution in [-0.4, -0.2) is 36.7 Å². The summed E-state index contributed by atoms with van der Waals surface area (Å²) in [6, 6.07) is 2.09. The SMILES string of the molecule is CCC(C1=CC(C)C(CCC(O)C(C)(C)C)C=C1)c1cc(C)c(C(=O)NCC(=O)OC)s1. The number of thiophene rings is 1. The Labute approximate surface area is 196 Å². The molecule has 0 saturated heterocycles. The maximum Gasteiger partial charge on any atom is 0.325 e. The summed E-state index contributed by atoms with van der Waals surface area (Å²) < 4.78 is 4.59. The summed E-state index contributed by atoms with van der Waals surface area (Å²) in [6.07, 6.45) is 9.30. The Morgan fingerprint density at radius 1 is 1.31 bits per heavy atom. The van der Waals surface area contributed by atoms with Gasteiger partial charge in [-0.3, -0.25) is 9.59 Å². The van der Waals surface area contributed by atoms with Crippen molar-refractivity contribution in [3.05, 3.63) is 45.2 Å². The minimum Gasteiger partial charge on any atom is -0.468 e. The molecule has 4 atom stereocenters. The summed E-state index contributed by atoms with van der Waals surface area (Å²) >= 11 is 1.50. The van der Waals surface area contributed by atoms with Gasteiger partial charge in [-0.05, 0) is 60.6 Å². The van der Waals surface area contributed by atoms with Gasteiger partial charge in [-0.25, -0.2) is 0 Å². The third-order valence-electron chi connectivity index (χ3n) is 6.36. The first-order valence-electron chi connectivity index (χ1n) is 11.5. The lowest BCUT2D eigenvalue weighted by Gasteiger charge is -2.30. The van der Waals surface area contributed by atoms with Crippen LogP contribution < -0.4 is 5.32 Å². The maximum absolute atomic E-state index is 12.5. The summed E-state index contributed by atoms with van der Waals surface area (Å²) in [6.45, 7) is 12.5. The molecular formula is C26H39NO4S. The lowest BCUT2D eigenvalue weighted by atomic mass is 9.78. The van der Waals surface area contributed by atoms with Crippen molar-refractivity contribution in [3.63, 3.8) is 0 Å². The van der Waals surface area contributed by atoms with Crippen molar-refractivity contribution >= 4 is 23.2 Å². The Hall–Kier alpha value is -1.92. The zero-order valence-electron chi connectivity index (χ0n) is 20.5. The van der Waals surface area contributed by atoms with E-state index < -0.39 is 5.97 Å². The number of rotatable bonds is 9. The molecule has 1 aliphatic carbocycles. The molecule has 178 valence electrons. The largest absolute Gasteiger partial charge is 0.468 e. The number of aliphatic hydroxyl groups excluding tert-OH is 1. The Morgan fingerprint density at radius 2 is 2.00 bits per heavy atom. The van der Waals surface area contributed by atoms with E-state index >= 15 is 0 Å². The summed E-state index contributed by atoms with van der Waals surface area (Å²) in [5, 5.41) is 13.0. The van der Waals surface area contributed by atoms with Gasteiger partial charge in [-0.15, -0.1) is 11.3 Å². The molecule has 1 aromatic heterocycles. The molecule has 0 spiro atoms. The van der Waals surface area contributed by atoms with Gasteiger partial charge in [0, 0.05) is 10.8 Å². The van der Waals surface area contributed by atoms with Crippen LogP contribution in [-0.2, 0) is 9.53 Å². The fourth-order valence-electron chi connectivity index (χ4n) is 4.08. The van der Waals surface area contributed by atoms with Gasteiger partial charge in [0.25, 0.3) is 5.91 Å². The first-order valence-corrected chi connectivity index (χ1v) is 12.3. The number of esters is 1. The third-order valence-corrected chi connectivity index (χ3v) is 7.71. The van der Waals surface area contributed by atoms with Gasteiger partial charge in [0.1, 0.15) is 6.54 Å². The van der Waals surface area contributed by atoms with E-state index in [2.05, 4.69) is 69.0 Å². The van der Waals surface area contributed by atoms with Crippen LogP contribution >= 0.6 is 11.3 Å². The number of carbonyl (C=O) groups excluding carboxylic acids is 2. The van der Waals surface area contributed by atoms with Crippen molar-refractivity contribution < 1.29 is 19.4 Å². The molecule has 2 N–H and O–H groups in total. The first kappa shape index (κ1) is 26.3. The highest BCUT2D eigenvalue weighted by Crippen LogP contribution is 2.39. The number of aliphatic hydroxyl groups is 1. The van der Waals surface area contributed by atoms with Crippen molar-refractivity contribution in [2.24, 2.45) is 17.3 Å². The van der Waals surface area contributed by atoms with E-state index in [1.165, 1.54) is 24.0 Å². The van der Waals surface area contributed by atoms with Crippen LogP contribution in [0.1, 0.15) is 79.9 Å². The minimum absolute atomic E-state index is 0.0895. The van der Waals surface area contributed by atoms with Crippen LogP contribution in [0.25, 0.3) is 0 Å². The van der Waals surface area contributed by atoms with Crippen LogP contribution in [0.5, 0.6) is 0 Å². The molecule has 0 saturated carbocycles. The zero-order valence-corrected chi connectivity index (χ0v) is 21.3. The first-order chi connectivity index (χ1) is 15.0. The van der Waals surface area contributed by atoms with Crippen LogP contribution in [0.4, 0.5) is 0 Å². The van der Waals surface area contributed by atoms with E-state index in [4.69, 9.17) is 0 Å². The van der Waals surface area contributed by atoms with Crippen LogP contribution in [0.2, 0.25) is 0 Å². The molecular weight excluding hydrogens is 422 g/mol. The van der Waals surface area contributed by atoms with E-state index in [-0.39, 0.29) is 29.9 Å². The molecule has 4 unspecified atom stereocenters. The summed E-state index contributed by atoms with van der Waals surface area (Å²) in [5.41, 5.74) is 2.12. The Morgan fingerprint density at radius 3 is 2.56 bits per heavy atom. The molecule has 0 bridgehead atoms. The number of allylic oxidation sites excluding steroid dienone is 4. The zero-order chi connectivity index (χ0) is 24.1. The standard InChI is InChI=1S/C26H39NO4S/c1-8-20(21-14-17(3)24(32-21)25(30)27-15-23(29)31-7)19-10-9-18(16(2)13-19)11-12-22(28)26(4,5)6/h9-10,13-14,16,18,20,22,28H,8,11-12,15H2,1-7H3,(H,27,30). The number of nitrogens with one attached hydrogen (secondary N) is 1. The molecule has 2 rings (SSSR count). The Bertz CT molecular complexity index is 862. The molecule has 0 fully saturated rings. The number of methoxy groups -OCH3 is 1. The molecule has 0 aromatic carbocycles. The number of carbonyl (C=O) groups is 2. The number of amides is 1. The van der Waals surface area contributed by atoms with Gasteiger partial charge in [0.15, 0.2) is 0 Å². The Kier molecular flexibility index (Phi) is 9.28. The molecule has 1 amide bonds. The Balaban J connectivity index is 2.09. The van der Waals surface area contributed by atoms with Crippen LogP contribution in [0, 0.1) is 24.2 Å². The molecule has 1 aromatic rings. The average molecular weight is 462 g/mol. The number of hydrogen-bond donors (Lipinski definition) is 2. The van der Waals surface area contributed by atoms with Crippen LogP contribution in [0.15, 0.2) is 29.9 Å². The second kappa shape index (κ2) is 11.3. The van der Waals surface area contributed by atoms with Gasteiger partial charge >= 0.3 is 5.97 Å². The fraction of sp³-hybridized carbons (Fsp3) is 0.615. The lowest BCUT2D eigenvalue weighted by molar-refractivity contribution is -0.139. The predicted molar refractivity (Wildman–Crippen MR) is 131 cm³/mol. The van der Waals surface area contributed by atoms with Gasteiger partial charge in [-0.2, -0.15) is 0 Å². The molecule has 32 heavy (non-hydrogen) atoms. The normalized spacial score (nSPS) is 20.4. The third kappa shape index (κ3) is 6.79. The maximum atomic E-state index is 12.5. The van der Waals surface area contributed by atoms with E-state index in [1.807, 2.05) is 6.92 Å². The van der Waals surface area contributed by atoms with Gasteiger partial charge in [-0.1, -0.05) is 52.8 Å². The van der Waals surface area contributed by atoms with Crippen molar-refractivity contribution in [2.45, 2.75) is 72.8 Å². The number of ether oxygens (including phenoxy) is 1. The monoisotopic (exact) mass is 461 g/mol. The topological polar surface area (TPSA) is 75.6 Å². The van der Waals surface area contributed by atoms with Gasteiger partial charge < -0.3 is 15.2 Å². The van der Waals surface area contributed by atoms with E-state index in [0.29, 0.717) is 16.7 Å². The number of aryl methyl sites for hydroxylation is 1. The predicted octanol–water partition coefficient (Wildman–Crippen LogP) is 5.39. The summed E-state index contributed by atoms with van der Waals surface area (Å²) in [5.74, 6) is 0.368. The van der Waals surface area contributed by atoms with Crippen molar-refractivity contribution in [1.29, 1.82) is 0 Å². The summed E-state index contributed by atoms with van der Waals surface area (Å²) in [7, 11) is 1.30.